The predicted octanol–water partition coefficient (Wildman–Crippen LogP) is 5.38. The number of ether oxygens (including phenoxy) is 2. The monoisotopic (exact) mass is 466 g/mol. The van der Waals surface area contributed by atoms with E-state index in [-0.39, 0.29) is 0 Å². The Kier molecular flexibility index (Phi) is 6.07. The van der Waals surface area contributed by atoms with Gasteiger partial charge in [-0.05, 0) is 36.1 Å². The average Bonchev–Trinajstić information content (AvgIpc) is 3.26. The molecule has 2 N–H and O–H groups in total. The fourth-order valence-corrected chi connectivity index (χ4v) is 5.13. The van der Waals surface area contributed by atoms with Gasteiger partial charge in [0.15, 0.2) is 5.79 Å². The van der Waals surface area contributed by atoms with E-state index in [9.17, 15) is 10.2 Å². The maximum Gasteiger partial charge on any atom is 0.164 e. The molecule has 0 bridgehead atoms. The lowest BCUT2D eigenvalue weighted by Crippen LogP contribution is -2.54. The van der Waals surface area contributed by atoms with Crippen molar-refractivity contribution in [1.29, 1.82) is 0 Å². The first-order valence-electron chi connectivity index (χ1n) is 11.9. The van der Waals surface area contributed by atoms with Crippen LogP contribution in [0.5, 0.6) is 0 Å². The average molecular weight is 467 g/mol. The molecule has 0 radical (unpaired) electrons. The summed E-state index contributed by atoms with van der Waals surface area (Å²) in [6.45, 7) is 3.62. The Labute approximate surface area is 206 Å². The SMILES string of the molecule is CC1(C)OC(C(O)(c2ccccc2)c2ccccc2)[C@@H](C(O)(c2ccccc2)c2ccccc2)O1. The summed E-state index contributed by atoms with van der Waals surface area (Å²) in [4.78, 5) is 0. The summed E-state index contributed by atoms with van der Waals surface area (Å²) in [7, 11) is 0. The Hall–Kier alpha value is -3.28. The minimum absolute atomic E-state index is 0.658. The van der Waals surface area contributed by atoms with Gasteiger partial charge in [-0.1, -0.05) is 121 Å². The van der Waals surface area contributed by atoms with Gasteiger partial charge in [0.2, 0.25) is 0 Å². The zero-order chi connectivity index (χ0) is 24.5. The summed E-state index contributed by atoms with van der Waals surface area (Å²) >= 11 is 0. The van der Waals surface area contributed by atoms with Gasteiger partial charge in [-0.2, -0.15) is 0 Å². The molecule has 4 heteroatoms. The highest BCUT2D eigenvalue weighted by Crippen LogP contribution is 2.50. The molecule has 35 heavy (non-hydrogen) atoms. The van der Waals surface area contributed by atoms with Crippen molar-refractivity contribution >= 4 is 0 Å². The van der Waals surface area contributed by atoms with Crippen molar-refractivity contribution in [2.75, 3.05) is 0 Å². The van der Waals surface area contributed by atoms with Crippen LogP contribution in [0.25, 0.3) is 0 Å². The van der Waals surface area contributed by atoms with Crippen molar-refractivity contribution in [3.05, 3.63) is 144 Å². The van der Waals surface area contributed by atoms with Crippen molar-refractivity contribution in [1.82, 2.24) is 0 Å². The van der Waals surface area contributed by atoms with Gasteiger partial charge in [-0.15, -0.1) is 0 Å². The lowest BCUT2D eigenvalue weighted by atomic mass is 9.72. The Balaban J connectivity index is 1.76. The fourth-order valence-electron chi connectivity index (χ4n) is 5.13. The van der Waals surface area contributed by atoms with E-state index in [0.29, 0.717) is 22.3 Å². The molecular formula is C31H30O4. The zero-order valence-corrected chi connectivity index (χ0v) is 19.9. The standard InChI is InChI=1S/C31H30O4/c1-29(2)34-27(30(32,23-15-7-3-8-16-23)24-17-9-4-10-18-24)28(35-29)31(33,25-19-11-5-12-20-25)26-21-13-6-14-22-26/h3-22,27-28,32-33H,1-2H3/t27-,28?/m0/s1. The normalized spacial score (nSPS) is 20.0. The van der Waals surface area contributed by atoms with Crippen LogP contribution in [0.2, 0.25) is 0 Å². The third-order valence-electron chi connectivity index (χ3n) is 6.78. The first-order valence-corrected chi connectivity index (χ1v) is 11.9. The van der Waals surface area contributed by atoms with Crippen LogP contribution in [-0.4, -0.2) is 28.2 Å². The van der Waals surface area contributed by atoms with E-state index >= 15 is 0 Å². The van der Waals surface area contributed by atoms with Crippen LogP contribution in [0, 0.1) is 0 Å². The molecule has 0 aliphatic carbocycles. The molecule has 2 atom stereocenters. The first-order chi connectivity index (χ1) is 16.9. The van der Waals surface area contributed by atoms with E-state index in [0.717, 1.165) is 0 Å². The van der Waals surface area contributed by atoms with Gasteiger partial charge in [0.1, 0.15) is 23.4 Å². The highest BCUT2D eigenvalue weighted by Gasteiger charge is 2.61. The lowest BCUT2D eigenvalue weighted by molar-refractivity contribution is -0.172. The predicted molar refractivity (Wildman–Crippen MR) is 136 cm³/mol. The van der Waals surface area contributed by atoms with Crippen LogP contribution in [0.1, 0.15) is 36.1 Å². The summed E-state index contributed by atoms with van der Waals surface area (Å²) < 4.78 is 13.0. The van der Waals surface area contributed by atoms with E-state index in [2.05, 4.69) is 0 Å². The van der Waals surface area contributed by atoms with Gasteiger partial charge in [0.05, 0.1) is 0 Å². The van der Waals surface area contributed by atoms with Crippen LogP contribution >= 0.6 is 0 Å². The van der Waals surface area contributed by atoms with Crippen molar-refractivity contribution in [2.45, 2.75) is 43.0 Å². The second-order valence-corrected chi connectivity index (χ2v) is 9.47. The number of rotatable bonds is 6. The van der Waals surface area contributed by atoms with Gasteiger partial charge in [0.25, 0.3) is 0 Å². The maximum absolute atomic E-state index is 12.6. The summed E-state index contributed by atoms with van der Waals surface area (Å²) in [5.74, 6) is -1.05. The molecule has 4 nitrogen and oxygen atoms in total. The fraction of sp³-hybridized carbons (Fsp3) is 0.226. The molecule has 1 aliphatic rings. The molecule has 0 spiro atoms. The van der Waals surface area contributed by atoms with Gasteiger partial charge >= 0.3 is 0 Å². The molecule has 1 heterocycles. The maximum atomic E-state index is 12.6. The Morgan fingerprint density at radius 3 is 0.943 bits per heavy atom. The summed E-state index contributed by atoms with van der Waals surface area (Å²) in [6.07, 6.45) is -1.87. The third-order valence-corrected chi connectivity index (χ3v) is 6.78. The topological polar surface area (TPSA) is 58.9 Å². The highest BCUT2D eigenvalue weighted by molar-refractivity contribution is 5.43. The molecule has 0 saturated carbocycles. The van der Waals surface area contributed by atoms with Crippen LogP contribution in [-0.2, 0) is 20.7 Å². The van der Waals surface area contributed by atoms with E-state index in [1.165, 1.54) is 0 Å². The highest BCUT2D eigenvalue weighted by atomic mass is 16.8. The van der Waals surface area contributed by atoms with E-state index in [4.69, 9.17) is 9.47 Å². The van der Waals surface area contributed by atoms with Crippen LogP contribution in [0.3, 0.4) is 0 Å². The molecule has 178 valence electrons. The lowest BCUT2D eigenvalue weighted by Gasteiger charge is -2.42. The molecule has 1 saturated heterocycles. The molecule has 1 unspecified atom stereocenters. The molecule has 1 aliphatic heterocycles. The quantitative estimate of drug-likeness (QED) is 0.401. The molecule has 0 amide bonds. The van der Waals surface area contributed by atoms with Gasteiger partial charge in [-0.3, -0.25) is 0 Å². The van der Waals surface area contributed by atoms with Crippen LogP contribution in [0.4, 0.5) is 0 Å². The Morgan fingerprint density at radius 1 is 0.486 bits per heavy atom. The smallest absolute Gasteiger partial charge is 0.164 e. The molecule has 1 fully saturated rings. The van der Waals surface area contributed by atoms with E-state index < -0.39 is 29.2 Å². The number of benzene rings is 4. The third kappa shape index (κ3) is 4.09. The van der Waals surface area contributed by atoms with Crippen LogP contribution in [0.15, 0.2) is 121 Å². The number of aliphatic hydroxyl groups is 2. The minimum atomic E-state index is -1.60. The zero-order valence-electron chi connectivity index (χ0n) is 19.9. The van der Waals surface area contributed by atoms with Crippen LogP contribution < -0.4 is 0 Å². The number of hydrogen-bond donors (Lipinski definition) is 2. The van der Waals surface area contributed by atoms with E-state index in [1.54, 1.807) is 0 Å². The molecule has 4 aromatic rings. The first kappa shape index (κ1) is 23.5. The minimum Gasteiger partial charge on any atom is -0.378 e. The summed E-state index contributed by atoms with van der Waals surface area (Å²) in [5.41, 5.74) is -0.564. The van der Waals surface area contributed by atoms with Crippen molar-refractivity contribution in [3.63, 3.8) is 0 Å². The van der Waals surface area contributed by atoms with Crippen molar-refractivity contribution in [3.8, 4) is 0 Å². The Morgan fingerprint density at radius 2 is 0.714 bits per heavy atom. The largest absolute Gasteiger partial charge is 0.378 e. The number of hydrogen-bond acceptors (Lipinski definition) is 4. The molecular weight excluding hydrogens is 436 g/mol. The second kappa shape index (κ2) is 9.06. The Bertz CT molecular complexity index is 1060. The summed E-state index contributed by atoms with van der Waals surface area (Å²) in [6, 6.07) is 37.8. The van der Waals surface area contributed by atoms with Crippen molar-refractivity contribution in [2.24, 2.45) is 0 Å². The second-order valence-electron chi connectivity index (χ2n) is 9.47. The molecule has 0 aromatic heterocycles. The molecule has 5 rings (SSSR count). The van der Waals surface area contributed by atoms with Gasteiger partial charge in [-0.25, -0.2) is 0 Å². The van der Waals surface area contributed by atoms with E-state index in [1.807, 2.05) is 135 Å². The van der Waals surface area contributed by atoms with Gasteiger partial charge < -0.3 is 19.7 Å². The molecule has 4 aromatic carbocycles. The van der Waals surface area contributed by atoms with Crippen molar-refractivity contribution < 1.29 is 19.7 Å². The summed E-state index contributed by atoms with van der Waals surface area (Å²) in [5, 5.41) is 25.2. The van der Waals surface area contributed by atoms with Gasteiger partial charge in [0, 0.05) is 0 Å².